The molecule has 0 fully saturated rings. The summed E-state index contributed by atoms with van der Waals surface area (Å²) >= 11 is 6.57. The lowest BCUT2D eigenvalue weighted by Gasteiger charge is -2.32. The highest BCUT2D eigenvalue weighted by atomic mass is 35.5. The molecule has 1 aromatic rings. The monoisotopic (exact) mass is 402 g/mol. The first-order valence-corrected chi connectivity index (χ1v) is 10.0. The van der Waals surface area contributed by atoms with Crippen LogP contribution in [0.15, 0.2) is 51.8 Å². The van der Waals surface area contributed by atoms with Crippen LogP contribution in [0.2, 0.25) is 5.02 Å². The maximum atomic E-state index is 12.9. The highest BCUT2D eigenvalue weighted by Crippen LogP contribution is 2.43. The lowest BCUT2D eigenvalue weighted by Crippen LogP contribution is -2.32. The average molecular weight is 403 g/mol. The molecule has 1 atom stereocenters. The molecule has 0 amide bonds. The smallest absolute Gasteiger partial charge is 0.336 e. The van der Waals surface area contributed by atoms with Crippen LogP contribution < -0.4 is 5.32 Å². The fraction of sp³-hybridized carbons (Fsp3) is 0.455. The van der Waals surface area contributed by atoms with Crippen molar-refractivity contribution in [2.45, 2.75) is 52.5 Å². The summed E-state index contributed by atoms with van der Waals surface area (Å²) in [5.74, 6) is -0.201. The molecule has 2 aliphatic rings. The average Bonchev–Trinajstić information content (AvgIpc) is 3.00. The summed E-state index contributed by atoms with van der Waals surface area (Å²) < 4.78 is 11.4. The Kier molecular flexibility index (Phi) is 5.84. The first-order chi connectivity index (χ1) is 13.3. The maximum Gasteiger partial charge on any atom is 0.336 e. The molecule has 150 valence electrons. The van der Waals surface area contributed by atoms with Crippen molar-refractivity contribution in [3.8, 4) is 0 Å². The van der Waals surface area contributed by atoms with Gasteiger partial charge in [-0.3, -0.25) is 0 Å². The molecule has 0 saturated heterocycles. The van der Waals surface area contributed by atoms with E-state index >= 15 is 0 Å². The molecule has 2 heterocycles. The molecule has 3 rings (SSSR count). The van der Waals surface area contributed by atoms with Crippen LogP contribution in [-0.2, 0) is 14.3 Å². The van der Waals surface area contributed by atoms with Gasteiger partial charge in [-0.15, -0.1) is 0 Å². The first kappa shape index (κ1) is 20.5. The molecule has 1 N–H and O–H groups in total. The number of ether oxygens (including phenoxy) is 2. The summed E-state index contributed by atoms with van der Waals surface area (Å²) in [5, 5.41) is 3.98. The summed E-state index contributed by atoms with van der Waals surface area (Å²) in [6.07, 6.45) is 0.743. The minimum Gasteiger partial charge on any atom is -0.475 e. The van der Waals surface area contributed by atoms with Crippen molar-refractivity contribution in [2.24, 2.45) is 4.99 Å². The first-order valence-electron chi connectivity index (χ1n) is 9.64. The Morgan fingerprint density at radius 1 is 1.36 bits per heavy atom. The van der Waals surface area contributed by atoms with Gasteiger partial charge < -0.3 is 14.8 Å². The molecule has 0 spiro atoms. The van der Waals surface area contributed by atoms with E-state index in [1.165, 1.54) is 0 Å². The van der Waals surface area contributed by atoms with E-state index in [-0.39, 0.29) is 11.5 Å². The molecule has 0 radical (unpaired) electrons. The van der Waals surface area contributed by atoms with Crippen LogP contribution in [0.1, 0.15) is 52.5 Å². The number of carbonyl (C=O) groups is 1. The van der Waals surface area contributed by atoms with Gasteiger partial charge in [0.05, 0.1) is 23.6 Å². The van der Waals surface area contributed by atoms with Crippen molar-refractivity contribution in [1.29, 1.82) is 0 Å². The third-order valence-electron chi connectivity index (χ3n) is 4.91. The zero-order valence-electron chi connectivity index (χ0n) is 17.1. The van der Waals surface area contributed by atoms with Crippen molar-refractivity contribution >= 4 is 23.5 Å². The van der Waals surface area contributed by atoms with Crippen LogP contribution in [0.25, 0.3) is 0 Å². The van der Waals surface area contributed by atoms with Gasteiger partial charge in [-0.1, -0.05) is 36.7 Å². The van der Waals surface area contributed by atoms with Gasteiger partial charge in [-0.2, -0.15) is 0 Å². The Hall–Kier alpha value is -2.27. The van der Waals surface area contributed by atoms with Gasteiger partial charge in [0.1, 0.15) is 6.61 Å². The highest BCUT2D eigenvalue weighted by Gasteiger charge is 2.41. The predicted octanol–water partition coefficient (Wildman–Crippen LogP) is 4.74. The molecule has 1 unspecified atom stereocenters. The number of dihydropyridines is 1. The lowest BCUT2D eigenvalue weighted by atomic mass is 9.79. The van der Waals surface area contributed by atoms with Crippen LogP contribution >= 0.6 is 11.6 Å². The SMILES string of the molecule is CCOC(=O)C1=C(C)NC(CC)=C(C2=NC(C)(C)CO2)C1c1ccccc1Cl. The summed E-state index contributed by atoms with van der Waals surface area (Å²) in [6, 6.07) is 7.58. The highest BCUT2D eigenvalue weighted by molar-refractivity contribution is 6.31. The Morgan fingerprint density at radius 2 is 2.07 bits per heavy atom. The van der Waals surface area contributed by atoms with Gasteiger partial charge in [-0.25, -0.2) is 9.79 Å². The molecule has 28 heavy (non-hydrogen) atoms. The number of carbonyl (C=O) groups excluding carboxylic acids is 1. The largest absolute Gasteiger partial charge is 0.475 e. The van der Waals surface area contributed by atoms with Crippen LogP contribution in [0, 0.1) is 0 Å². The standard InChI is InChI=1S/C22H27ClN2O3/c1-6-16-19(20-25-22(4,5)12-28-20)18(14-10-8-9-11-15(14)23)17(13(3)24-16)21(26)27-7-2/h8-11,18,24H,6-7,12H2,1-5H3. The number of nitrogens with one attached hydrogen (secondary N) is 1. The molecular formula is C22H27ClN2O3. The molecule has 0 aliphatic carbocycles. The fourth-order valence-electron chi connectivity index (χ4n) is 3.65. The van der Waals surface area contributed by atoms with E-state index in [0.29, 0.717) is 29.7 Å². The summed E-state index contributed by atoms with van der Waals surface area (Å²) in [5.41, 5.74) is 3.67. The molecule has 1 aromatic carbocycles. The molecule has 2 aliphatic heterocycles. The Balaban J connectivity index is 2.24. The van der Waals surface area contributed by atoms with Gasteiger partial charge in [0.25, 0.3) is 0 Å². The van der Waals surface area contributed by atoms with Gasteiger partial charge in [0.2, 0.25) is 5.90 Å². The van der Waals surface area contributed by atoms with E-state index in [2.05, 4.69) is 12.2 Å². The Bertz CT molecular complexity index is 884. The third kappa shape index (κ3) is 3.81. The van der Waals surface area contributed by atoms with Crippen molar-refractivity contribution in [3.05, 3.63) is 57.4 Å². The molecule has 0 bridgehead atoms. The molecule has 5 nitrogen and oxygen atoms in total. The second-order valence-corrected chi connectivity index (χ2v) is 8.01. The maximum absolute atomic E-state index is 12.9. The van der Waals surface area contributed by atoms with E-state index in [9.17, 15) is 4.79 Å². The van der Waals surface area contributed by atoms with Crippen molar-refractivity contribution in [3.63, 3.8) is 0 Å². The molecular weight excluding hydrogens is 376 g/mol. The number of hydrogen-bond acceptors (Lipinski definition) is 5. The fourth-order valence-corrected chi connectivity index (χ4v) is 3.89. The van der Waals surface area contributed by atoms with Crippen molar-refractivity contribution in [1.82, 2.24) is 5.32 Å². The Labute approximate surface area is 171 Å². The van der Waals surface area contributed by atoms with Crippen LogP contribution in [0.3, 0.4) is 0 Å². The quantitative estimate of drug-likeness (QED) is 0.723. The number of benzene rings is 1. The number of halogens is 1. The zero-order valence-corrected chi connectivity index (χ0v) is 17.8. The number of hydrogen-bond donors (Lipinski definition) is 1. The summed E-state index contributed by atoms with van der Waals surface area (Å²) in [6.45, 7) is 10.6. The van der Waals surface area contributed by atoms with Crippen LogP contribution in [0.5, 0.6) is 0 Å². The predicted molar refractivity (Wildman–Crippen MR) is 111 cm³/mol. The van der Waals surface area contributed by atoms with E-state index in [4.69, 9.17) is 26.1 Å². The van der Waals surface area contributed by atoms with Gasteiger partial charge in [0, 0.05) is 22.0 Å². The van der Waals surface area contributed by atoms with Gasteiger partial charge in [-0.05, 0) is 45.7 Å². The summed E-state index contributed by atoms with van der Waals surface area (Å²) in [4.78, 5) is 17.7. The number of allylic oxidation sites excluding steroid dienone is 2. The van der Waals surface area contributed by atoms with E-state index < -0.39 is 5.92 Å². The van der Waals surface area contributed by atoms with Gasteiger partial charge >= 0.3 is 5.97 Å². The zero-order chi connectivity index (χ0) is 20.5. The molecule has 0 aromatic heterocycles. The second kappa shape index (κ2) is 8.00. The number of rotatable bonds is 5. The number of nitrogens with zero attached hydrogens (tertiary/aromatic N) is 1. The van der Waals surface area contributed by atoms with Crippen LogP contribution in [-0.4, -0.2) is 30.6 Å². The summed E-state index contributed by atoms with van der Waals surface area (Å²) in [7, 11) is 0. The molecule has 6 heteroatoms. The van der Waals surface area contributed by atoms with Crippen molar-refractivity contribution in [2.75, 3.05) is 13.2 Å². The minimum atomic E-state index is -0.406. The molecule has 0 saturated carbocycles. The minimum absolute atomic E-state index is 0.301. The topological polar surface area (TPSA) is 59.9 Å². The third-order valence-corrected chi connectivity index (χ3v) is 5.25. The van der Waals surface area contributed by atoms with E-state index in [1.807, 2.05) is 45.0 Å². The Morgan fingerprint density at radius 3 is 2.64 bits per heavy atom. The van der Waals surface area contributed by atoms with Crippen molar-refractivity contribution < 1.29 is 14.3 Å². The van der Waals surface area contributed by atoms with E-state index in [0.717, 1.165) is 29.0 Å². The van der Waals surface area contributed by atoms with Gasteiger partial charge in [0.15, 0.2) is 0 Å². The number of esters is 1. The van der Waals surface area contributed by atoms with Crippen LogP contribution in [0.4, 0.5) is 0 Å². The normalized spacial score (nSPS) is 21.2. The van der Waals surface area contributed by atoms with E-state index in [1.54, 1.807) is 6.92 Å². The number of aliphatic imine (C=N–C) groups is 1. The lowest BCUT2D eigenvalue weighted by molar-refractivity contribution is -0.138. The second-order valence-electron chi connectivity index (χ2n) is 7.60.